The lowest BCUT2D eigenvalue weighted by molar-refractivity contribution is -0.122. The Labute approximate surface area is 133 Å². The van der Waals surface area contributed by atoms with Crippen LogP contribution in [-0.4, -0.2) is 17.6 Å². The first-order valence-electron chi connectivity index (χ1n) is 7.13. The molecule has 1 aliphatic carbocycles. The first-order chi connectivity index (χ1) is 11.1. The predicted octanol–water partition coefficient (Wildman–Crippen LogP) is 4.05. The number of halogens is 1. The maximum atomic E-state index is 12.8. The third kappa shape index (κ3) is 5.43. The van der Waals surface area contributed by atoms with E-state index in [1.807, 2.05) is 24.3 Å². The molecule has 23 heavy (non-hydrogen) atoms. The van der Waals surface area contributed by atoms with E-state index in [4.69, 9.17) is 9.90 Å². The van der Waals surface area contributed by atoms with Gasteiger partial charge in [-0.15, -0.1) is 0 Å². The molecule has 0 radical (unpaired) electrons. The Bertz CT molecular complexity index is 653. The van der Waals surface area contributed by atoms with E-state index in [-0.39, 0.29) is 18.3 Å². The number of rotatable bonds is 3. The molecule has 0 spiro atoms. The van der Waals surface area contributed by atoms with Crippen molar-refractivity contribution in [2.75, 3.05) is 10.6 Å². The lowest BCUT2D eigenvalue weighted by atomic mass is 10.1. The van der Waals surface area contributed by atoms with Gasteiger partial charge in [0.2, 0.25) is 0 Å². The number of carbonyl (C=O) groups is 2. The molecule has 2 amide bonds. The molecule has 6 heteroatoms. The molecule has 0 bridgehead atoms. The van der Waals surface area contributed by atoms with E-state index in [9.17, 15) is 9.18 Å². The molecule has 2 aromatic carbocycles. The third-order valence-electron chi connectivity index (χ3n) is 3.32. The average Bonchev–Trinajstić information content (AvgIpc) is 3.36. The monoisotopic (exact) mass is 316 g/mol. The van der Waals surface area contributed by atoms with Crippen LogP contribution < -0.4 is 10.6 Å². The maximum Gasteiger partial charge on any atom is 0.323 e. The van der Waals surface area contributed by atoms with Gasteiger partial charge in [-0.2, -0.15) is 0 Å². The normalized spacial score (nSPS) is 12.6. The lowest BCUT2D eigenvalue weighted by Crippen LogP contribution is -2.19. The fraction of sp³-hybridized carbons (Fsp3) is 0.176. The molecule has 0 aliphatic heterocycles. The first-order valence-corrected chi connectivity index (χ1v) is 7.13. The Morgan fingerprint density at radius 2 is 1.43 bits per heavy atom. The largest absolute Gasteiger partial charge is 0.483 e. The van der Waals surface area contributed by atoms with Gasteiger partial charge < -0.3 is 15.7 Å². The molecule has 0 unspecified atom stereocenters. The topological polar surface area (TPSA) is 78.4 Å². The van der Waals surface area contributed by atoms with Gasteiger partial charge in [0.1, 0.15) is 5.82 Å². The van der Waals surface area contributed by atoms with Crippen molar-refractivity contribution < 1.29 is 19.1 Å². The number of hydrogen-bond acceptors (Lipinski definition) is 2. The Morgan fingerprint density at radius 1 is 1.00 bits per heavy atom. The molecule has 1 saturated carbocycles. The van der Waals surface area contributed by atoms with Crippen molar-refractivity contribution >= 4 is 23.9 Å². The van der Waals surface area contributed by atoms with Gasteiger partial charge in [0, 0.05) is 11.4 Å². The number of carboxylic acid groups (broad SMARTS) is 1. The van der Waals surface area contributed by atoms with Gasteiger partial charge in [-0.05, 0) is 60.7 Å². The van der Waals surface area contributed by atoms with Crippen molar-refractivity contribution in [2.45, 2.75) is 18.8 Å². The summed E-state index contributed by atoms with van der Waals surface area (Å²) in [6, 6.07) is 13.2. The van der Waals surface area contributed by atoms with Crippen LogP contribution in [0.15, 0.2) is 48.5 Å². The van der Waals surface area contributed by atoms with Crippen molar-refractivity contribution in [3.8, 4) is 0 Å². The van der Waals surface area contributed by atoms with Crippen LogP contribution in [0.25, 0.3) is 0 Å². The van der Waals surface area contributed by atoms with Crippen molar-refractivity contribution in [2.24, 2.45) is 0 Å². The predicted molar refractivity (Wildman–Crippen MR) is 86.2 cm³/mol. The van der Waals surface area contributed by atoms with E-state index >= 15 is 0 Å². The zero-order valence-corrected chi connectivity index (χ0v) is 12.3. The number of amides is 2. The standard InChI is InChI=1S/C16H15FN2O.CH2O2/c17-13-5-9-15(10-6-13)19-16(20)18-14-7-3-12(4-8-14)11-1-2-11;2-1-3/h3-11H,1-2H2,(H2,18,19,20);1H,(H,2,3). The van der Waals surface area contributed by atoms with Crippen LogP contribution in [0.5, 0.6) is 0 Å². The number of carbonyl (C=O) groups excluding carboxylic acids is 1. The van der Waals surface area contributed by atoms with Crippen LogP contribution in [0.4, 0.5) is 20.6 Å². The molecule has 1 fully saturated rings. The molecule has 0 saturated heterocycles. The molecular formula is C17H17FN2O3. The zero-order chi connectivity index (χ0) is 16.7. The highest BCUT2D eigenvalue weighted by atomic mass is 19.1. The average molecular weight is 316 g/mol. The van der Waals surface area contributed by atoms with Gasteiger partial charge in [-0.25, -0.2) is 9.18 Å². The van der Waals surface area contributed by atoms with Gasteiger partial charge in [0.05, 0.1) is 0 Å². The fourth-order valence-electron chi connectivity index (χ4n) is 2.08. The minimum absolute atomic E-state index is 0.250. The summed E-state index contributed by atoms with van der Waals surface area (Å²) in [7, 11) is 0. The van der Waals surface area contributed by atoms with Gasteiger partial charge in [0.15, 0.2) is 0 Å². The molecule has 3 rings (SSSR count). The second-order valence-electron chi connectivity index (χ2n) is 5.09. The highest BCUT2D eigenvalue weighted by molar-refractivity contribution is 5.99. The van der Waals surface area contributed by atoms with E-state index in [1.54, 1.807) is 0 Å². The molecule has 5 nitrogen and oxygen atoms in total. The third-order valence-corrected chi connectivity index (χ3v) is 3.32. The van der Waals surface area contributed by atoms with Crippen molar-refractivity contribution in [3.63, 3.8) is 0 Å². The summed E-state index contributed by atoms with van der Waals surface area (Å²) in [5.74, 6) is 0.378. The molecular weight excluding hydrogens is 299 g/mol. The fourth-order valence-corrected chi connectivity index (χ4v) is 2.08. The van der Waals surface area contributed by atoms with Crippen LogP contribution in [0.3, 0.4) is 0 Å². The number of urea groups is 1. The van der Waals surface area contributed by atoms with Gasteiger partial charge in [-0.1, -0.05) is 12.1 Å². The minimum atomic E-state index is -0.337. The van der Waals surface area contributed by atoms with E-state index in [1.165, 1.54) is 42.7 Å². The Balaban J connectivity index is 0.000000595. The molecule has 1 aliphatic rings. The van der Waals surface area contributed by atoms with E-state index in [2.05, 4.69) is 10.6 Å². The summed E-state index contributed by atoms with van der Waals surface area (Å²) in [4.78, 5) is 20.1. The Hall–Kier alpha value is -2.89. The molecule has 2 aromatic rings. The Morgan fingerprint density at radius 3 is 1.87 bits per heavy atom. The van der Waals surface area contributed by atoms with Gasteiger partial charge >= 0.3 is 6.03 Å². The highest BCUT2D eigenvalue weighted by Crippen LogP contribution is 2.40. The molecule has 0 atom stereocenters. The lowest BCUT2D eigenvalue weighted by Gasteiger charge is -2.08. The van der Waals surface area contributed by atoms with Crippen LogP contribution in [0, 0.1) is 5.82 Å². The summed E-state index contributed by atoms with van der Waals surface area (Å²) in [5, 5.41) is 12.3. The molecule has 0 heterocycles. The summed E-state index contributed by atoms with van der Waals surface area (Å²) < 4.78 is 12.8. The quantitative estimate of drug-likeness (QED) is 0.748. The highest BCUT2D eigenvalue weighted by Gasteiger charge is 2.22. The second-order valence-corrected chi connectivity index (χ2v) is 5.09. The van der Waals surface area contributed by atoms with E-state index in [0.717, 1.165) is 5.69 Å². The van der Waals surface area contributed by atoms with Crippen molar-refractivity contribution in [1.82, 2.24) is 0 Å². The smallest absolute Gasteiger partial charge is 0.323 e. The first kappa shape index (κ1) is 16.5. The van der Waals surface area contributed by atoms with Crippen molar-refractivity contribution in [1.29, 1.82) is 0 Å². The van der Waals surface area contributed by atoms with Crippen LogP contribution in [0.2, 0.25) is 0 Å². The second kappa shape index (κ2) is 7.93. The van der Waals surface area contributed by atoms with Crippen molar-refractivity contribution in [3.05, 3.63) is 59.9 Å². The maximum absolute atomic E-state index is 12.8. The summed E-state index contributed by atoms with van der Waals surface area (Å²) in [5.41, 5.74) is 2.63. The SMILES string of the molecule is O=C(Nc1ccc(F)cc1)Nc1ccc(C2CC2)cc1.O=CO. The number of benzene rings is 2. The van der Waals surface area contributed by atoms with Crippen LogP contribution in [0.1, 0.15) is 24.3 Å². The number of hydrogen-bond donors (Lipinski definition) is 3. The van der Waals surface area contributed by atoms with Gasteiger partial charge in [0.25, 0.3) is 6.47 Å². The molecule has 3 N–H and O–H groups in total. The summed E-state index contributed by atoms with van der Waals surface area (Å²) >= 11 is 0. The Kier molecular flexibility index (Phi) is 5.68. The molecule has 0 aromatic heterocycles. The summed E-state index contributed by atoms with van der Waals surface area (Å²) in [6.07, 6.45) is 2.52. The number of nitrogens with one attached hydrogen (secondary N) is 2. The van der Waals surface area contributed by atoms with E-state index in [0.29, 0.717) is 11.6 Å². The summed E-state index contributed by atoms with van der Waals surface area (Å²) in [6.45, 7) is -0.250. The van der Waals surface area contributed by atoms with Gasteiger partial charge in [-0.3, -0.25) is 4.79 Å². The van der Waals surface area contributed by atoms with Crippen LogP contribution in [-0.2, 0) is 4.79 Å². The zero-order valence-electron chi connectivity index (χ0n) is 12.3. The molecule has 120 valence electrons. The minimum Gasteiger partial charge on any atom is -0.483 e. The van der Waals surface area contributed by atoms with Crippen LogP contribution >= 0.6 is 0 Å². The van der Waals surface area contributed by atoms with E-state index < -0.39 is 0 Å². The number of anilines is 2.